The van der Waals surface area contributed by atoms with E-state index in [1.165, 1.54) is 42.5 Å². The van der Waals surface area contributed by atoms with E-state index >= 15 is 0 Å². The fourth-order valence-electron chi connectivity index (χ4n) is 4.00. The minimum Gasteiger partial charge on any atom is -0.292 e. The number of para-hydroxylation sites is 1. The lowest BCUT2D eigenvalue weighted by Gasteiger charge is -2.29. The summed E-state index contributed by atoms with van der Waals surface area (Å²) in [6.07, 6.45) is 0. The van der Waals surface area contributed by atoms with Crippen LogP contribution in [0.1, 0.15) is 22.0 Å². The largest absolute Gasteiger partial charge is 0.292 e. The molecule has 3 aromatic carbocycles. The Kier molecular flexibility index (Phi) is 7.25. The summed E-state index contributed by atoms with van der Waals surface area (Å²) >= 11 is 12.2. The second-order valence-corrected chi connectivity index (χ2v) is 10.7. The quantitative estimate of drug-likeness (QED) is 0.167. The van der Waals surface area contributed by atoms with E-state index < -0.39 is 59.0 Å². The van der Waals surface area contributed by atoms with E-state index in [9.17, 15) is 33.4 Å². The number of non-ortho nitro benzene ring substituents is 1. The van der Waals surface area contributed by atoms with Gasteiger partial charge in [0.15, 0.2) is 15.5 Å². The molecule has 0 spiro atoms. The molecule has 1 aliphatic rings. The maximum absolute atomic E-state index is 13.9. The lowest BCUT2D eigenvalue weighted by atomic mass is 9.94. The third-order valence-electron chi connectivity index (χ3n) is 5.59. The zero-order valence-electron chi connectivity index (χ0n) is 18.5. The molecule has 1 aliphatic heterocycles. The van der Waals surface area contributed by atoms with Crippen LogP contribution in [0.4, 0.5) is 11.4 Å². The van der Waals surface area contributed by atoms with E-state index in [1.807, 2.05) is 0 Å². The van der Waals surface area contributed by atoms with Crippen LogP contribution in [0, 0.1) is 20.2 Å². The van der Waals surface area contributed by atoms with Crippen molar-refractivity contribution >= 4 is 56.2 Å². The molecule has 0 aromatic heterocycles. The average Bonchev–Trinajstić information content (AvgIpc) is 3.31. The van der Waals surface area contributed by atoms with Crippen LogP contribution in [0.25, 0.3) is 0 Å². The van der Waals surface area contributed by atoms with Gasteiger partial charge >= 0.3 is 0 Å². The molecule has 0 unspecified atom stereocenters. The van der Waals surface area contributed by atoms with Crippen molar-refractivity contribution in [1.82, 2.24) is 4.31 Å². The molecule has 2 atom stereocenters. The molecule has 0 aliphatic carbocycles. The zero-order chi connectivity index (χ0) is 26.9. The highest BCUT2D eigenvalue weighted by molar-refractivity contribution is 7.90. The van der Waals surface area contributed by atoms with Gasteiger partial charge in [0.05, 0.1) is 9.85 Å². The molecule has 0 saturated carbocycles. The minimum absolute atomic E-state index is 0.114. The molecule has 4 rings (SSSR count). The van der Waals surface area contributed by atoms with Crippen molar-refractivity contribution in [3.63, 3.8) is 0 Å². The smallest absolute Gasteiger partial charge is 0.289 e. The van der Waals surface area contributed by atoms with Gasteiger partial charge < -0.3 is 0 Å². The molecule has 11 nitrogen and oxygen atoms in total. The first-order valence-electron chi connectivity index (χ1n) is 10.5. The fraction of sp³-hybridized carbons (Fsp3) is 0.130. The Morgan fingerprint density at radius 3 is 2.19 bits per heavy atom. The van der Waals surface area contributed by atoms with E-state index in [0.29, 0.717) is 4.31 Å². The number of alkyl halides is 2. The maximum Gasteiger partial charge on any atom is 0.289 e. The highest BCUT2D eigenvalue weighted by atomic mass is 35.5. The molecule has 1 heterocycles. The second-order valence-electron chi connectivity index (χ2n) is 7.79. The number of sulfonamides is 1. The van der Waals surface area contributed by atoms with Crippen LogP contribution < -0.4 is 0 Å². The number of nitro benzene ring substituents is 2. The van der Waals surface area contributed by atoms with Crippen molar-refractivity contribution in [3.8, 4) is 0 Å². The highest BCUT2D eigenvalue weighted by Gasteiger charge is 2.51. The number of benzene rings is 3. The number of halogens is 2. The van der Waals surface area contributed by atoms with Gasteiger partial charge in [-0.25, -0.2) is 12.7 Å². The first-order valence-corrected chi connectivity index (χ1v) is 12.8. The van der Waals surface area contributed by atoms with Gasteiger partial charge in [0.1, 0.15) is 17.9 Å². The molecule has 37 heavy (non-hydrogen) atoms. The number of hydrogen-bond donors (Lipinski definition) is 0. The van der Waals surface area contributed by atoms with E-state index in [4.69, 9.17) is 23.2 Å². The van der Waals surface area contributed by atoms with Gasteiger partial charge in [0.25, 0.3) is 21.4 Å². The summed E-state index contributed by atoms with van der Waals surface area (Å²) < 4.78 is 28.5. The van der Waals surface area contributed by atoms with Crippen molar-refractivity contribution in [3.05, 3.63) is 110 Å². The first-order chi connectivity index (χ1) is 17.5. The first kappa shape index (κ1) is 26.2. The molecule has 0 amide bonds. The number of amidine groups is 1. The number of carbonyl (C=O) groups excluding carboxylic acids is 1. The average molecular weight is 563 g/mol. The van der Waals surface area contributed by atoms with Gasteiger partial charge in [-0.05, 0) is 11.6 Å². The van der Waals surface area contributed by atoms with Crippen LogP contribution in [0.5, 0.6) is 0 Å². The summed E-state index contributed by atoms with van der Waals surface area (Å²) in [4.78, 5) is 37.3. The molecule has 14 heteroatoms. The van der Waals surface area contributed by atoms with Crippen LogP contribution >= 0.6 is 23.2 Å². The van der Waals surface area contributed by atoms with E-state index in [0.717, 1.165) is 18.2 Å². The predicted octanol–water partition coefficient (Wildman–Crippen LogP) is 4.70. The maximum atomic E-state index is 13.9. The second kappa shape index (κ2) is 10.2. The fourth-order valence-corrected chi connectivity index (χ4v) is 6.22. The van der Waals surface area contributed by atoms with E-state index in [1.54, 1.807) is 18.2 Å². The summed E-state index contributed by atoms with van der Waals surface area (Å²) in [6, 6.07) is 14.6. The Labute approximate surface area is 220 Å². The number of carbonyl (C=O) groups is 1. The van der Waals surface area contributed by atoms with Crippen LogP contribution in [-0.2, 0) is 10.0 Å². The molecular weight excluding hydrogens is 547 g/mol. The van der Waals surface area contributed by atoms with Crippen LogP contribution in [-0.4, -0.2) is 45.1 Å². The summed E-state index contributed by atoms with van der Waals surface area (Å²) in [6.45, 7) is 0. The number of Topliss-reactive ketones (excluding diaryl/α,β-unsaturated/α-hetero) is 1. The van der Waals surface area contributed by atoms with Crippen LogP contribution in [0.15, 0.2) is 88.8 Å². The van der Waals surface area contributed by atoms with Gasteiger partial charge in [-0.1, -0.05) is 77.8 Å². The van der Waals surface area contributed by atoms with Crippen molar-refractivity contribution < 1.29 is 23.1 Å². The Hall–Kier alpha value is -3.87. The van der Waals surface area contributed by atoms with E-state index in [2.05, 4.69) is 4.99 Å². The highest BCUT2D eigenvalue weighted by Crippen LogP contribution is 2.41. The monoisotopic (exact) mass is 562 g/mol. The molecular formula is C23H16Cl2N4O7S. The molecule has 0 saturated heterocycles. The molecule has 3 aromatic rings. The molecule has 0 radical (unpaired) electrons. The number of hydrogen-bond acceptors (Lipinski definition) is 8. The minimum atomic E-state index is -4.84. The van der Waals surface area contributed by atoms with Gasteiger partial charge in [0, 0.05) is 23.8 Å². The summed E-state index contributed by atoms with van der Waals surface area (Å²) in [5.74, 6) is -1.17. The number of rotatable bonds is 8. The number of aliphatic imine (C=N–C) groups is 1. The van der Waals surface area contributed by atoms with E-state index in [-0.39, 0.29) is 16.8 Å². The molecule has 0 fully saturated rings. The lowest BCUT2D eigenvalue weighted by Crippen LogP contribution is -2.48. The van der Waals surface area contributed by atoms with Gasteiger partial charge in [-0.15, -0.1) is 0 Å². The molecule has 0 bridgehead atoms. The van der Waals surface area contributed by atoms with Crippen molar-refractivity contribution in [2.45, 2.75) is 21.8 Å². The third-order valence-corrected chi connectivity index (χ3v) is 7.82. The van der Waals surface area contributed by atoms with Crippen LogP contribution in [0.3, 0.4) is 0 Å². The third kappa shape index (κ3) is 4.90. The standard InChI is InChI=1S/C23H16Cl2N4O7S/c24-22(25)23-26-19(15-9-6-10-16(13-15)28(31)32)20(21(30)14-7-2-1-3-8-14)27(23)37(35,36)18-12-5-4-11-17(18)29(33)34/h1-13,19-20,22H/t19-,20+/m0/s1. The normalized spacial score (nSPS) is 17.5. The summed E-state index contributed by atoms with van der Waals surface area (Å²) in [5, 5.41) is 23.0. The number of nitrogens with zero attached hydrogens (tertiary/aromatic N) is 4. The van der Waals surface area contributed by atoms with Crippen LogP contribution in [0.2, 0.25) is 0 Å². The molecule has 190 valence electrons. The van der Waals surface area contributed by atoms with Gasteiger partial charge in [-0.3, -0.25) is 30.0 Å². The SMILES string of the molecule is O=C(c1ccccc1)[C@H]1[C@H](c2cccc([N+](=O)[O-])c2)N=C(C(Cl)Cl)N1S(=O)(=O)c1ccccc1[N+](=O)[O-]. The Balaban J connectivity index is 1.97. The number of nitro groups is 2. The predicted molar refractivity (Wildman–Crippen MR) is 135 cm³/mol. The summed E-state index contributed by atoms with van der Waals surface area (Å²) in [5.41, 5.74) is -0.779. The number of ketones is 1. The summed E-state index contributed by atoms with van der Waals surface area (Å²) in [7, 11) is -4.84. The van der Waals surface area contributed by atoms with Crippen molar-refractivity contribution in [2.24, 2.45) is 4.99 Å². The molecule has 0 N–H and O–H groups in total. The van der Waals surface area contributed by atoms with Gasteiger partial charge in [-0.2, -0.15) is 0 Å². The topological polar surface area (TPSA) is 153 Å². The lowest BCUT2D eigenvalue weighted by molar-refractivity contribution is -0.387. The van der Waals surface area contributed by atoms with Crippen molar-refractivity contribution in [2.75, 3.05) is 0 Å². The Morgan fingerprint density at radius 1 is 0.919 bits per heavy atom. The zero-order valence-corrected chi connectivity index (χ0v) is 20.9. The van der Waals surface area contributed by atoms with Crippen molar-refractivity contribution in [1.29, 1.82) is 0 Å². The van der Waals surface area contributed by atoms with Gasteiger partial charge in [0.2, 0.25) is 0 Å². The Morgan fingerprint density at radius 2 is 1.57 bits per heavy atom. The Bertz CT molecular complexity index is 1530.